The fourth-order valence-electron chi connectivity index (χ4n) is 4.37. The summed E-state index contributed by atoms with van der Waals surface area (Å²) < 4.78 is 16.5. The number of ketones is 1. The minimum absolute atomic E-state index is 0.00274. The first-order valence-corrected chi connectivity index (χ1v) is 12.1. The second kappa shape index (κ2) is 10.8. The van der Waals surface area contributed by atoms with Crippen LogP contribution in [-0.4, -0.2) is 37.6 Å². The molecule has 1 atom stereocenters. The van der Waals surface area contributed by atoms with Crippen molar-refractivity contribution in [1.29, 1.82) is 0 Å². The van der Waals surface area contributed by atoms with Crippen molar-refractivity contribution in [2.24, 2.45) is 5.92 Å². The molecule has 4 rings (SSSR count). The van der Waals surface area contributed by atoms with Crippen LogP contribution in [0.4, 0.5) is 5.69 Å². The Kier molecular flexibility index (Phi) is 7.53. The zero-order chi connectivity index (χ0) is 26.7. The number of aliphatic hydroxyl groups excluding tert-OH is 1. The Morgan fingerprint density at radius 2 is 1.68 bits per heavy atom. The predicted octanol–water partition coefficient (Wildman–Crippen LogP) is 5.67. The van der Waals surface area contributed by atoms with Crippen LogP contribution in [0.5, 0.6) is 17.2 Å². The van der Waals surface area contributed by atoms with Crippen LogP contribution in [0.25, 0.3) is 5.76 Å². The first-order chi connectivity index (χ1) is 17.7. The van der Waals surface area contributed by atoms with Gasteiger partial charge >= 0.3 is 0 Å². The third-order valence-corrected chi connectivity index (χ3v) is 6.22. The maximum atomic E-state index is 13.4. The van der Waals surface area contributed by atoms with Crippen LogP contribution in [-0.2, 0) is 9.59 Å². The van der Waals surface area contributed by atoms with Crippen LogP contribution in [0.3, 0.4) is 0 Å². The van der Waals surface area contributed by atoms with E-state index in [1.165, 1.54) is 4.90 Å². The molecule has 1 aliphatic rings. The van der Waals surface area contributed by atoms with Gasteiger partial charge in [0.25, 0.3) is 11.7 Å². The summed E-state index contributed by atoms with van der Waals surface area (Å²) in [6, 6.07) is 18.4. The Labute approximate surface area is 216 Å². The number of anilines is 1. The van der Waals surface area contributed by atoms with E-state index in [9.17, 15) is 14.7 Å². The van der Waals surface area contributed by atoms with Crippen LogP contribution in [0, 0.1) is 12.8 Å². The van der Waals surface area contributed by atoms with Gasteiger partial charge in [-0.2, -0.15) is 0 Å². The predicted molar refractivity (Wildman–Crippen MR) is 142 cm³/mol. The van der Waals surface area contributed by atoms with Crippen molar-refractivity contribution >= 4 is 23.1 Å². The first kappa shape index (κ1) is 25.8. The van der Waals surface area contributed by atoms with Gasteiger partial charge in [-0.1, -0.05) is 26.0 Å². The highest BCUT2D eigenvalue weighted by atomic mass is 16.5. The normalized spacial score (nSPS) is 16.8. The largest absolute Gasteiger partial charge is 0.507 e. The molecule has 0 radical (unpaired) electrons. The maximum Gasteiger partial charge on any atom is 0.300 e. The molecule has 0 aromatic heterocycles. The Morgan fingerprint density at radius 1 is 0.946 bits per heavy atom. The number of hydrogen-bond donors (Lipinski definition) is 1. The van der Waals surface area contributed by atoms with Crippen LogP contribution in [0.1, 0.15) is 36.6 Å². The standard InChI is InChI=1S/C30H31NO6/c1-18(2)17-37-23-12-10-22(11-13-23)31-27(20-7-6-8-24(16-20)35-4)26(29(33)30(31)34)28(32)21-9-14-25(36-5)19(3)15-21/h6-16,18,27,32H,17H2,1-5H3/b28-26-. The highest BCUT2D eigenvalue weighted by Crippen LogP contribution is 2.43. The summed E-state index contributed by atoms with van der Waals surface area (Å²) in [6.45, 7) is 6.53. The number of aryl methyl sites for hydroxylation is 1. The second-order valence-electron chi connectivity index (χ2n) is 9.33. The summed E-state index contributed by atoms with van der Waals surface area (Å²) in [5.41, 5.74) is 2.35. The first-order valence-electron chi connectivity index (χ1n) is 12.1. The third-order valence-electron chi connectivity index (χ3n) is 6.22. The summed E-state index contributed by atoms with van der Waals surface area (Å²) in [5.74, 6) is 0.514. The lowest BCUT2D eigenvalue weighted by atomic mass is 9.94. The molecule has 0 spiro atoms. The van der Waals surface area contributed by atoms with Crippen molar-refractivity contribution in [2.75, 3.05) is 25.7 Å². The number of benzene rings is 3. The second-order valence-corrected chi connectivity index (χ2v) is 9.33. The highest BCUT2D eigenvalue weighted by molar-refractivity contribution is 6.51. The SMILES string of the molecule is COc1cccc(C2/C(=C(/O)c3ccc(OC)c(C)c3)C(=O)C(=O)N2c2ccc(OCC(C)C)cc2)c1. The van der Waals surface area contributed by atoms with Crippen molar-refractivity contribution in [3.8, 4) is 17.2 Å². The van der Waals surface area contributed by atoms with Crippen molar-refractivity contribution in [2.45, 2.75) is 26.8 Å². The van der Waals surface area contributed by atoms with Gasteiger partial charge in [-0.15, -0.1) is 0 Å². The van der Waals surface area contributed by atoms with Gasteiger partial charge in [0.05, 0.1) is 32.4 Å². The number of rotatable bonds is 8. The Hall–Kier alpha value is -4.26. The number of hydrogen-bond acceptors (Lipinski definition) is 6. The lowest BCUT2D eigenvalue weighted by molar-refractivity contribution is -0.132. The third kappa shape index (κ3) is 5.16. The minimum Gasteiger partial charge on any atom is -0.507 e. The fourth-order valence-corrected chi connectivity index (χ4v) is 4.37. The molecule has 1 heterocycles. The van der Waals surface area contributed by atoms with E-state index in [0.29, 0.717) is 46.6 Å². The average molecular weight is 502 g/mol. The molecule has 7 heteroatoms. The fraction of sp³-hybridized carbons (Fsp3) is 0.267. The van der Waals surface area contributed by atoms with Crippen LogP contribution in [0.2, 0.25) is 0 Å². The van der Waals surface area contributed by atoms with Gasteiger partial charge < -0.3 is 19.3 Å². The quantitative estimate of drug-likeness (QED) is 0.243. The molecule has 0 aliphatic carbocycles. The molecule has 1 aliphatic heterocycles. The highest BCUT2D eigenvalue weighted by Gasteiger charge is 2.47. The maximum absolute atomic E-state index is 13.4. The monoisotopic (exact) mass is 501 g/mol. The van der Waals surface area contributed by atoms with Crippen molar-refractivity contribution < 1.29 is 28.9 Å². The zero-order valence-corrected chi connectivity index (χ0v) is 21.6. The average Bonchev–Trinajstić information content (AvgIpc) is 3.17. The number of carbonyl (C=O) groups excluding carboxylic acids is 2. The molecular weight excluding hydrogens is 470 g/mol. The molecule has 3 aromatic carbocycles. The van der Waals surface area contributed by atoms with Gasteiger partial charge in [-0.05, 0) is 78.6 Å². The minimum atomic E-state index is -0.861. The number of Topliss-reactive ketones (excluding diaryl/α,β-unsaturated/α-hetero) is 1. The van der Waals surface area contributed by atoms with Crippen molar-refractivity contribution in [3.63, 3.8) is 0 Å². The molecule has 7 nitrogen and oxygen atoms in total. The lowest BCUT2D eigenvalue weighted by Gasteiger charge is -2.26. The molecule has 192 valence electrons. The molecule has 1 amide bonds. The van der Waals surface area contributed by atoms with Gasteiger partial charge in [0.1, 0.15) is 23.0 Å². The van der Waals surface area contributed by atoms with E-state index in [4.69, 9.17) is 14.2 Å². The van der Waals surface area contributed by atoms with Gasteiger partial charge in [0.15, 0.2) is 0 Å². The van der Waals surface area contributed by atoms with E-state index < -0.39 is 17.7 Å². The molecule has 0 saturated carbocycles. The molecule has 3 aromatic rings. The smallest absolute Gasteiger partial charge is 0.300 e. The molecule has 1 N–H and O–H groups in total. The van der Waals surface area contributed by atoms with Gasteiger partial charge in [0, 0.05) is 11.3 Å². The number of nitrogens with zero attached hydrogens (tertiary/aromatic N) is 1. The van der Waals surface area contributed by atoms with E-state index in [-0.39, 0.29) is 11.3 Å². The number of amides is 1. The van der Waals surface area contributed by atoms with Gasteiger partial charge in [-0.3, -0.25) is 14.5 Å². The number of aliphatic hydroxyl groups is 1. The van der Waals surface area contributed by atoms with Crippen LogP contribution < -0.4 is 19.1 Å². The summed E-state index contributed by atoms with van der Waals surface area (Å²) in [5, 5.41) is 11.4. The molecule has 0 bridgehead atoms. The van der Waals surface area contributed by atoms with E-state index in [2.05, 4.69) is 13.8 Å². The Morgan fingerprint density at radius 3 is 2.30 bits per heavy atom. The molecule has 1 saturated heterocycles. The van der Waals surface area contributed by atoms with E-state index >= 15 is 0 Å². The Bertz CT molecular complexity index is 1340. The topological polar surface area (TPSA) is 85.3 Å². The molecule has 1 unspecified atom stereocenters. The summed E-state index contributed by atoms with van der Waals surface area (Å²) in [6.07, 6.45) is 0. The summed E-state index contributed by atoms with van der Waals surface area (Å²) in [7, 11) is 3.11. The van der Waals surface area contributed by atoms with Crippen molar-refractivity contribution in [3.05, 3.63) is 89.0 Å². The van der Waals surface area contributed by atoms with Gasteiger partial charge in [-0.25, -0.2) is 0 Å². The summed E-state index contributed by atoms with van der Waals surface area (Å²) >= 11 is 0. The lowest BCUT2D eigenvalue weighted by Crippen LogP contribution is -2.29. The number of ether oxygens (including phenoxy) is 3. The molecule has 1 fully saturated rings. The zero-order valence-electron chi connectivity index (χ0n) is 21.6. The van der Waals surface area contributed by atoms with Crippen LogP contribution in [0.15, 0.2) is 72.3 Å². The van der Waals surface area contributed by atoms with Gasteiger partial charge in [0.2, 0.25) is 0 Å². The molecular formula is C30H31NO6. The van der Waals surface area contributed by atoms with E-state index in [0.717, 1.165) is 5.56 Å². The molecule has 37 heavy (non-hydrogen) atoms. The van der Waals surface area contributed by atoms with E-state index in [1.807, 2.05) is 6.92 Å². The Balaban J connectivity index is 1.85. The summed E-state index contributed by atoms with van der Waals surface area (Å²) in [4.78, 5) is 28.2. The van der Waals surface area contributed by atoms with Crippen molar-refractivity contribution in [1.82, 2.24) is 0 Å². The number of methoxy groups -OCH3 is 2. The van der Waals surface area contributed by atoms with E-state index in [1.54, 1.807) is 80.9 Å². The number of carbonyl (C=O) groups is 2. The van der Waals surface area contributed by atoms with Crippen LogP contribution >= 0.6 is 0 Å².